The summed E-state index contributed by atoms with van der Waals surface area (Å²) in [6, 6.07) is 4.37. The van der Waals surface area contributed by atoms with Gasteiger partial charge in [-0.25, -0.2) is 9.59 Å². The Morgan fingerprint density at radius 1 is 1.57 bits per heavy atom. The van der Waals surface area contributed by atoms with Gasteiger partial charge in [0.05, 0.1) is 18.4 Å². The van der Waals surface area contributed by atoms with Gasteiger partial charge in [-0.3, -0.25) is 0 Å². The van der Waals surface area contributed by atoms with Crippen LogP contribution in [0.2, 0.25) is 0 Å². The van der Waals surface area contributed by atoms with Crippen LogP contribution in [0.1, 0.15) is 10.4 Å². The maximum Gasteiger partial charge on any atom is 0.340 e. The van der Waals surface area contributed by atoms with Crippen LogP contribution in [0.25, 0.3) is 0 Å². The molecular weight excluding hydrogens is 184 g/mol. The lowest BCUT2D eigenvalue weighted by Crippen LogP contribution is -2.01. The maximum atomic E-state index is 11.2. The summed E-state index contributed by atoms with van der Waals surface area (Å²) in [5.41, 5.74) is 6.21. The van der Waals surface area contributed by atoms with Gasteiger partial charge in [0.2, 0.25) is 6.08 Å². The highest BCUT2D eigenvalue weighted by atomic mass is 16.5. The molecule has 1 aromatic carbocycles. The van der Waals surface area contributed by atoms with E-state index in [0.717, 1.165) is 0 Å². The molecule has 0 unspecified atom stereocenters. The fourth-order valence-corrected chi connectivity index (χ4v) is 0.973. The number of anilines is 1. The van der Waals surface area contributed by atoms with Crippen molar-refractivity contribution in [3.63, 3.8) is 0 Å². The van der Waals surface area contributed by atoms with Crippen molar-refractivity contribution >= 4 is 23.4 Å². The fourth-order valence-electron chi connectivity index (χ4n) is 0.973. The van der Waals surface area contributed by atoms with E-state index < -0.39 is 5.97 Å². The Hall–Kier alpha value is -2.13. The molecule has 0 fully saturated rings. The number of aliphatic imine (C=N–C) groups is 1. The SMILES string of the molecule is COC(=O)c1ccc(N)cc1N=C=O. The Morgan fingerprint density at radius 2 is 2.29 bits per heavy atom. The van der Waals surface area contributed by atoms with E-state index in [1.165, 1.54) is 31.4 Å². The molecule has 2 N–H and O–H groups in total. The predicted molar refractivity (Wildman–Crippen MR) is 50.0 cm³/mol. The van der Waals surface area contributed by atoms with Crippen LogP contribution < -0.4 is 5.73 Å². The smallest absolute Gasteiger partial charge is 0.340 e. The summed E-state index contributed by atoms with van der Waals surface area (Å²) >= 11 is 0. The Labute approximate surface area is 80.2 Å². The minimum Gasteiger partial charge on any atom is -0.465 e. The normalized spacial score (nSPS) is 8.93. The number of ether oxygens (including phenoxy) is 1. The van der Waals surface area contributed by atoms with E-state index in [4.69, 9.17) is 5.73 Å². The molecule has 0 aliphatic heterocycles. The Kier molecular flexibility index (Phi) is 2.99. The minimum atomic E-state index is -0.570. The highest BCUT2D eigenvalue weighted by molar-refractivity contribution is 5.95. The monoisotopic (exact) mass is 192 g/mol. The number of hydrogen-bond acceptors (Lipinski definition) is 5. The van der Waals surface area contributed by atoms with E-state index in [1.807, 2.05) is 0 Å². The van der Waals surface area contributed by atoms with Gasteiger partial charge >= 0.3 is 5.97 Å². The van der Waals surface area contributed by atoms with Gasteiger partial charge < -0.3 is 10.5 Å². The molecule has 5 nitrogen and oxygen atoms in total. The van der Waals surface area contributed by atoms with Crippen LogP contribution >= 0.6 is 0 Å². The van der Waals surface area contributed by atoms with Crippen LogP contribution in [-0.2, 0) is 9.53 Å². The number of benzene rings is 1. The minimum absolute atomic E-state index is 0.159. The van der Waals surface area contributed by atoms with Crippen LogP contribution in [0.3, 0.4) is 0 Å². The molecule has 14 heavy (non-hydrogen) atoms. The van der Waals surface area contributed by atoms with Crippen molar-refractivity contribution in [1.82, 2.24) is 0 Å². The number of nitrogens with two attached hydrogens (primary N) is 1. The molecule has 0 saturated carbocycles. The van der Waals surface area contributed by atoms with Gasteiger partial charge in [0.15, 0.2) is 0 Å². The third-order valence-electron chi connectivity index (χ3n) is 1.59. The Balaban J connectivity index is 3.28. The predicted octanol–water partition coefficient (Wildman–Crippen LogP) is 1.02. The topological polar surface area (TPSA) is 81.8 Å². The van der Waals surface area contributed by atoms with Crippen LogP contribution in [0.15, 0.2) is 23.2 Å². The lowest BCUT2D eigenvalue weighted by Gasteiger charge is -2.02. The van der Waals surface area contributed by atoms with Crippen molar-refractivity contribution in [2.45, 2.75) is 0 Å². The second-order valence-corrected chi connectivity index (χ2v) is 2.47. The first-order valence-electron chi connectivity index (χ1n) is 3.74. The van der Waals surface area contributed by atoms with Gasteiger partial charge in [-0.05, 0) is 18.2 Å². The zero-order valence-corrected chi connectivity index (χ0v) is 7.48. The van der Waals surface area contributed by atoms with Gasteiger partial charge in [-0.15, -0.1) is 0 Å². The molecule has 1 rings (SSSR count). The van der Waals surface area contributed by atoms with Crippen LogP contribution in [0, 0.1) is 0 Å². The average molecular weight is 192 g/mol. The van der Waals surface area contributed by atoms with E-state index in [-0.39, 0.29) is 11.3 Å². The van der Waals surface area contributed by atoms with Crippen molar-refractivity contribution in [2.75, 3.05) is 12.8 Å². The first-order valence-corrected chi connectivity index (χ1v) is 3.74. The van der Waals surface area contributed by atoms with Crippen LogP contribution in [-0.4, -0.2) is 19.2 Å². The van der Waals surface area contributed by atoms with Gasteiger partial charge in [0, 0.05) is 5.69 Å². The zero-order chi connectivity index (χ0) is 10.6. The molecule has 0 amide bonds. The lowest BCUT2D eigenvalue weighted by atomic mass is 10.1. The maximum absolute atomic E-state index is 11.2. The van der Waals surface area contributed by atoms with E-state index in [2.05, 4.69) is 9.73 Å². The number of carbonyl (C=O) groups is 1. The molecule has 0 bridgehead atoms. The molecule has 0 atom stereocenters. The second kappa shape index (κ2) is 4.20. The van der Waals surface area contributed by atoms with Crippen LogP contribution in [0.5, 0.6) is 0 Å². The number of esters is 1. The third kappa shape index (κ3) is 1.97. The van der Waals surface area contributed by atoms with E-state index in [9.17, 15) is 9.59 Å². The average Bonchev–Trinajstić information content (AvgIpc) is 2.17. The standard InChI is InChI=1S/C9H8N2O3/c1-14-9(13)7-3-2-6(10)4-8(7)11-5-12/h2-4H,10H2,1H3. The molecule has 0 saturated heterocycles. The molecule has 0 spiro atoms. The summed E-state index contributed by atoms with van der Waals surface area (Å²) in [5.74, 6) is -0.570. The molecule has 0 aliphatic carbocycles. The summed E-state index contributed by atoms with van der Waals surface area (Å²) in [6.45, 7) is 0. The van der Waals surface area contributed by atoms with Crippen molar-refractivity contribution in [3.05, 3.63) is 23.8 Å². The number of methoxy groups -OCH3 is 1. The number of nitrogens with zero attached hydrogens (tertiary/aromatic N) is 1. The van der Waals surface area contributed by atoms with Crippen molar-refractivity contribution < 1.29 is 14.3 Å². The summed E-state index contributed by atoms with van der Waals surface area (Å²) < 4.78 is 4.49. The molecule has 0 heterocycles. The number of rotatable bonds is 2. The molecule has 0 radical (unpaired) electrons. The first kappa shape index (κ1) is 9.95. The van der Waals surface area contributed by atoms with Crippen molar-refractivity contribution in [1.29, 1.82) is 0 Å². The number of isocyanates is 1. The van der Waals surface area contributed by atoms with Gasteiger partial charge in [-0.1, -0.05) is 0 Å². The number of carbonyl (C=O) groups excluding carboxylic acids is 2. The molecule has 5 heteroatoms. The first-order chi connectivity index (χ1) is 6.69. The number of hydrogen-bond donors (Lipinski definition) is 1. The Morgan fingerprint density at radius 3 is 2.86 bits per heavy atom. The molecular formula is C9H8N2O3. The van der Waals surface area contributed by atoms with Gasteiger partial charge in [0.1, 0.15) is 0 Å². The van der Waals surface area contributed by atoms with Gasteiger partial charge in [0.25, 0.3) is 0 Å². The molecule has 72 valence electrons. The number of nitrogen functional groups attached to an aromatic ring is 1. The van der Waals surface area contributed by atoms with Crippen LogP contribution in [0.4, 0.5) is 11.4 Å². The van der Waals surface area contributed by atoms with Gasteiger partial charge in [-0.2, -0.15) is 4.99 Å². The lowest BCUT2D eigenvalue weighted by molar-refractivity contribution is 0.0602. The zero-order valence-electron chi connectivity index (χ0n) is 7.48. The summed E-state index contributed by atoms with van der Waals surface area (Å²) in [4.78, 5) is 24.6. The largest absolute Gasteiger partial charge is 0.465 e. The van der Waals surface area contributed by atoms with Crippen molar-refractivity contribution in [3.8, 4) is 0 Å². The highest BCUT2D eigenvalue weighted by Crippen LogP contribution is 2.22. The van der Waals surface area contributed by atoms with E-state index in [0.29, 0.717) is 5.69 Å². The summed E-state index contributed by atoms with van der Waals surface area (Å²) in [5, 5.41) is 0. The Bertz CT molecular complexity index is 409. The summed E-state index contributed by atoms with van der Waals surface area (Å²) in [7, 11) is 1.24. The van der Waals surface area contributed by atoms with Crippen molar-refractivity contribution in [2.24, 2.45) is 4.99 Å². The molecule has 0 aromatic heterocycles. The van der Waals surface area contributed by atoms with E-state index >= 15 is 0 Å². The quantitative estimate of drug-likeness (QED) is 0.328. The third-order valence-corrected chi connectivity index (χ3v) is 1.59. The van der Waals surface area contributed by atoms with E-state index in [1.54, 1.807) is 0 Å². The summed E-state index contributed by atoms with van der Waals surface area (Å²) in [6.07, 6.45) is 1.34. The highest BCUT2D eigenvalue weighted by Gasteiger charge is 2.11. The molecule has 0 aliphatic rings. The second-order valence-electron chi connectivity index (χ2n) is 2.47. The molecule has 1 aromatic rings. The fraction of sp³-hybridized carbons (Fsp3) is 0.111.